The van der Waals surface area contributed by atoms with Crippen molar-refractivity contribution in [2.45, 2.75) is 102 Å². The summed E-state index contributed by atoms with van der Waals surface area (Å²) >= 11 is 0. The molecule has 1 aliphatic heterocycles. The number of hydrogen-bond acceptors (Lipinski definition) is 5. The van der Waals surface area contributed by atoms with Gasteiger partial charge < -0.3 is 18.3 Å². The van der Waals surface area contributed by atoms with E-state index in [4.69, 9.17) is 18.3 Å². The lowest BCUT2D eigenvalue weighted by Gasteiger charge is -2.43. The molecular formula is C21H38O5Si2. The molecule has 4 atom stereocenters. The van der Waals surface area contributed by atoms with Crippen LogP contribution in [0.1, 0.15) is 47.0 Å². The summed E-state index contributed by atoms with van der Waals surface area (Å²) in [5.41, 5.74) is -1.21. The molecule has 0 spiro atoms. The minimum atomic E-state index is -2.07. The predicted molar refractivity (Wildman–Crippen MR) is 115 cm³/mol. The van der Waals surface area contributed by atoms with Crippen LogP contribution in [0.5, 0.6) is 0 Å². The second kappa shape index (κ2) is 6.43. The average molecular weight is 427 g/mol. The van der Waals surface area contributed by atoms with Crippen molar-refractivity contribution in [1.82, 2.24) is 0 Å². The van der Waals surface area contributed by atoms with Crippen LogP contribution in [0.15, 0.2) is 12.3 Å². The van der Waals surface area contributed by atoms with Crippen molar-refractivity contribution in [3.8, 4) is 0 Å². The molecule has 0 amide bonds. The summed E-state index contributed by atoms with van der Waals surface area (Å²) < 4.78 is 25.3. The van der Waals surface area contributed by atoms with Crippen molar-refractivity contribution in [2.75, 3.05) is 6.61 Å². The zero-order valence-electron chi connectivity index (χ0n) is 19.1. The summed E-state index contributed by atoms with van der Waals surface area (Å²) in [5, 5.41) is 0.0803. The van der Waals surface area contributed by atoms with Crippen LogP contribution in [0.25, 0.3) is 0 Å². The number of fused-ring (bicyclic) bond motifs is 3. The third-order valence-electron chi connectivity index (χ3n) is 6.95. The van der Waals surface area contributed by atoms with Crippen LogP contribution in [0.4, 0.5) is 0 Å². The maximum absolute atomic E-state index is 12.5. The highest BCUT2D eigenvalue weighted by Gasteiger charge is 2.85. The molecule has 0 bridgehead atoms. The molecule has 7 heteroatoms. The zero-order chi connectivity index (χ0) is 21.2. The van der Waals surface area contributed by atoms with E-state index in [0.29, 0.717) is 13.0 Å². The standard InChI is InChI=1S/C21H38O5Si2/c1-10-23-16(22)13-19-14-20(25-27(5,6)7)11-12-24-17(20)21(19,15-19)26-28(8,9)18(2,3)4/h11-12,17H,10,13-15H2,1-9H3/t17?,19-,20-,21+/m1/s1. The van der Waals surface area contributed by atoms with Gasteiger partial charge in [-0.25, -0.2) is 0 Å². The Morgan fingerprint density at radius 1 is 1.14 bits per heavy atom. The molecule has 2 saturated carbocycles. The van der Waals surface area contributed by atoms with E-state index in [0.717, 1.165) is 12.8 Å². The van der Waals surface area contributed by atoms with Crippen LogP contribution >= 0.6 is 0 Å². The molecule has 2 aliphatic carbocycles. The Morgan fingerprint density at radius 3 is 2.32 bits per heavy atom. The van der Waals surface area contributed by atoms with Gasteiger partial charge in [0.25, 0.3) is 0 Å². The Labute approximate surface area is 172 Å². The Hall–Kier alpha value is -0.636. The Bertz CT molecular complexity index is 677. The van der Waals surface area contributed by atoms with E-state index in [9.17, 15) is 4.79 Å². The fourth-order valence-electron chi connectivity index (χ4n) is 4.92. The van der Waals surface area contributed by atoms with E-state index in [-0.39, 0.29) is 22.5 Å². The Morgan fingerprint density at radius 2 is 1.79 bits per heavy atom. The van der Waals surface area contributed by atoms with Gasteiger partial charge in [-0.1, -0.05) is 20.8 Å². The Balaban J connectivity index is 1.98. The summed E-state index contributed by atoms with van der Waals surface area (Å²) in [4.78, 5) is 12.5. The highest BCUT2D eigenvalue weighted by Crippen LogP contribution is 2.76. The van der Waals surface area contributed by atoms with E-state index < -0.39 is 27.8 Å². The van der Waals surface area contributed by atoms with Crippen molar-refractivity contribution >= 4 is 22.6 Å². The van der Waals surface area contributed by atoms with Gasteiger partial charge in [-0.05, 0) is 63.6 Å². The van der Waals surface area contributed by atoms with Gasteiger partial charge in [-0.2, -0.15) is 0 Å². The van der Waals surface area contributed by atoms with E-state index in [2.05, 4.69) is 59.6 Å². The molecule has 0 aromatic carbocycles. The predicted octanol–water partition coefficient (Wildman–Crippen LogP) is 5.00. The molecule has 0 saturated heterocycles. The van der Waals surface area contributed by atoms with Gasteiger partial charge in [0.15, 0.2) is 22.7 Å². The monoisotopic (exact) mass is 426 g/mol. The molecule has 28 heavy (non-hydrogen) atoms. The first-order valence-electron chi connectivity index (χ1n) is 10.5. The molecule has 0 aromatic rings. The van der Waals surface area contributed by atoms with Gasteiger partial charge in [0, 0.05) is 5.41 Å². The summed E-state index contributed by atoms with van der Waals surface area (Å²) in [5.74, 6) is -0.143. The summed E-state index contributed by atoms with van der Waals surface area (Å²) in [6.45, 7) is 20.2. The average Bonchev–Trinajstić information content (AvgIpc) is 2.78. The van der Waals surface area contributed by atoms with Crippen LogP contribution in [0.3, 0.4) is 0 Å². The Kier molecular flexibility index (Phi) is 5.06. The summed E-state index contributed by atoms with van der Waals surface area (Å²) in [6, 6.07) is 0. The minimum absolute atomic E-state index is 0.0803. The minimum Gasteiger partial charge on any atom is -0.492 e. The number of esters is 1. The number of carbonyl (C=O) groups excluding carboxylic acids is 1. The number of hydrogen-bond donors (Lipinski definition) is 0. The lowest BCUT2D eigenvalue weighted by atomic mass is 9.91. The topological polar surface area (TPSA) is 54.0 Å². The third-order valence-corrected chi connectivity index (χ3v) is 12.4. The van der Waals surface area contributed by atoms with E-state index in [1.54, 1.807) is 6.26 Å². The van der Waals surface area contributed by atoms with Crippen molar-refractivity contribution < 1.29 is 23.1 Å². The van der Waals surface area contributed by atoms with Crippen LogP contribution < -0.4 is 0 Å². The second-order valence-electron chi connectivity index (χ2n) is 11.4. The molecule has 3 aliphatic rings. The van der Waals surface area contributed by atoms with Crippen LogP contribution in [0, 0.1) is 5.41 Å². The highest BCUT2D eigenvalue weighted by molar-refractivity contribution is 6.74. The van der Waals surface area contributed by atoms with E-state index in [1.807, 2.05) is 6.92 Å². The fraction of sp³-hybridized carbons (Fsp3) is 0.857. The molecule has 0 radical (unpaired) electrons. The maximum Gasteiger partial charge on any atom is 0.306 e. The lowest BCUT2D eigenvalue weighted by molar-refractivity contribution is -0.145. The van der Waals surface area contributed by atoms with Crippen molar-refractivity contribution in [3.63, 3.8) is 0 Å². The highest BCUT2D eigenvalue weighted by atomic mass is 28.4. The summed E-state index contributed by atoms with van der Waals surface area (Å²) in [6.07, 6.45) is 5.66. The number of rotatable bonds is 7. The molecule has 1 unspecified atom stereocenters. The maximum atomic E-state index is 12.5. The van der Waals surface area contributed by atoms with E-state index in [1.165, 1.54) is 0 Å². The smallest absolute Gasteiger partial charge is 0.306 e. The van der Waals surface area contributed by atoms with Gasteiger partial charge in [0.1, 0.15) is 11.2 Å². The van der Waals surface area contributed by atoms with Crippen LogP contribution in [0.2, 0.25) is 37.8 Å². The van der Waals surface area contributed by atoms with Crippen molar-refractivity contribution in [2.24, 2.45) is 5.41 Å². The largest absolute Gasteiger partial charge is 0.492 e. The van der Waals surface area contributed by atoms with E-state index >= 15 is 0 Å². The van der Waals surface area contributed by atoms with Gasteiger partial charge in [0.2, 0.25) is 0 Å². The summed E-state index contributed by atoms with van der Waals surface area (Å²) in [7, 11) is -3.91. The van der Waals surface area contributed by atoms with Gasteiger partial charge in [-0.15, -0.1) is 0 Å². The zero-order valence-corrected chi connectivity index (χ0v) is 21.1. The molecule has 3 rings (SSSR count). The molecule has 5 nitrogen and oxygen atoms in total. The number of carbonyl (C=O) groups is 1. The first-order valence-corrected chi connectivity index (χ1v) is 16.8. The third kappa shape index (κ3) is 3.42. The lowest BCUT2D eigenvalue weighted by Crippen LogP contribution is -2.54. The van der Waals surface area contributed by atoms with Crippen LogP contribution in [-0.4, -0.2) is 46.5 Å². The molecule has 2 fully saturated rings. The normalized spacial score (nSPS) is 36.7. The molecule has 160 valence electrons. The SMILES string of the molecule is CCOC(=O)C[C@]12C[C@]3(O[Si](C)(C)C)C=COC3[C@@]1(O[Si](C)(C)C(C)(C)C)C2. The van der Waals surface area contributed by atoms with Gasteiger partial charge in [-0.3, -0.25) is 4.79 Å². The second-order valence-corrected chi connectivity index (χ2v) is 20.5. The first kappa shape index (κ1) is 22.1. The van der Waals surface area contributed by atoms with Gasteiger partial charge in [0.05, 0.1) is 19.3 Å². The molecule has 0 N–H and O–H groups in total. The molecule has 1 heterocycles. The van der Waals surface area contributed by atoms with Gasteiger partial charge >= 0.3 is 5.97 Å². The first-order chi connectivity index (χ1) is 12.6. The number of ether oxygens (including phenoxy) is 2. The van der Waals surface area contributed by atoms with Crippen LogP contribution in [-0.2, 0) is 23.1 Å². The molecule has 0 aromatic heterocycles. The molecular weight excluding hydrogens is 388 g/mol. The van der Waals surface area contributed by atoms with Crippen molar-refractivity contribution in [1.29, 1.82) is 0 Å². The fourth-order valence-corrected chi connectivity index (χ4v) is 7.92. The quantitative estimate of drug-likeness (QED) is 0.424. The van der Waals surface area contributed by atoms with Crippen molar-refractivity contribution in [3.05, 3.63) is 12.3 Å².